The van der Waals surface area contributed by atoms with Gasteiger partial charge in [-0.25, -0.2) is 13.6 Å². The second-order valence-corrected chi connectivity index (χ2v) is 4.79. The summed E-state index contributed by atoms with van der Waals surface area (Å²) in [6.45, 7) is 2.21. The Labute approximate surface area is 121 Å². The molecule has 0 atom stereocenters. The van der Waals surface area contributed by atoms with Crippen LogP contribution in [-0.4, -0.2) is 17.6 Å². The van der Waals surface area contributed by atoms with E-state index in [-0.39, 0.29) is 5.56 Å². The predicted octanol–water partition coefficient (Wildman–Crippen LogP) is 3.63. The van der Waals surface area contributed by atoms with Crippen molar-refractivity contribution in [2.24, 2.45) is 0 Å². The Bertz CT molecular complexity index is 651. The van der Waals surface area contributed by atoms with Crippen molar-refractivity contribution in [3.8, 4) is 0 Å². The number of hydrogen-bond acceptors (Lipinski definition) is 2. The number of aryl methyl sites for hydroxylation is 1. The smallest absolute Gasteiger partial charge is 0.335 e. The van der Waals surface area contributed by atoms with E-state index < -0.39 is 17.6 Å². The highest BCUT2D eigenvalue weighted by Crippen LogP contribution is 2.15. The Hall–Kier alpha value is -2.43. The number of nitrogens with one attached hydrogen (secondary N) is 1. The molecular formula is C16H15F2NO2. The van der Waals surface area contributed by atoms with Gasteiger partial charge in [0.25, 0.3) is 0 Å². The van der Waals surface area contributed by atoms with Gasteiger partial charge in [0.05, 0.1) is 5.56 Å². The van der Waals surface area contributed by atoms with Crippen molar-refractivity contribution in [2.45, 2.75) is 13.3 Å². The lowest BCUT2D eigenvalue weighted by molar-refractivity contribution is 0.0696. The quantitative estimate of drug-likeness (QED) is 0.884. The maximum absolute atomic E-state index is 13.0. The number of benzene rings is 2. The third-order valence-corrected chi connectivity index (χ3v) is 3.12. The Morgan fingerprint density at radius 3 is 2.38 bits per heavy atom. The van der Waals surface area contributed by atoms with Crippen molar-refractivity contribution in [3.05, 3.63) is 64.7 Å². The van der Waals surface area contributed by atoms with Gasteiger partial charge in [0, 0.05) is 18.3 Å². The molecule has 0 unspecified atom stereocenters. The molecule has 110 valence electrons. The predicted molar refractivity (Wildman–Crippen MR) is 76.7 cm³/mol. The summed E-state index contributed by atoms with van der Waals surface area (Å²) in [6, 6.07) is 8.36. The van der Waals surface area contributed by atoms with Gasteiger partial charge in [-0.1, -0.05) is 0 Å². The van der Waals surface area contributed by atoms with Gasteiger partial charge >= 0.3 is 5.97 Å². The van der Waals surface area contributed by atoms with E-state index in [4.69, 9.17) is 5.11 Å². The second-order valence-electron chi connectivity index (χ2n) is 4.79. The van der Waals surface area contributed by atoms with Crippen LogP contribution in [0.5, 0.6) is 0 Å². The molecule has 0 aromatic heterocycles. The lowest BCUT2D eigenvalue weighted by atomic mass is 10.1. The summed E-state index contributed by atoms with van der Waals surface area (Å²) in [7, 11) is 0. The Kier molecular flexibility index (Phi) is 4.52. The first-order valence-corrected chi connectivity index (χ1v) is 6.48. The first-order valence-electron chi connectivity index (χ1n) is 6.48. The molecule has 0 spiro atoms. The average Bonchev–Trinajstić information content (AvgIpc) is 2.37. The number of rotatable bonds is 5. The largest absolute Gasteiger partial charge is 0.478 e. The van der Waals surface area contributed by atoms with Crippen LogP contribution in [-0.2, 0) is 6.42 Å². The summed E-state index contributed by atoms with van der Waals surface area (Å²) in [6.07, 6.45) is 0.467. The van der Waals surface area contributed by atoms with E-state index in [2.05, 4.69) is 5.32 Å². The van der Waals surface area contributed by atoms with Gasteiger partial charge in [-0.05, 0) is 54.8 Å². The summed E-state index contributed by atoms with van der Waals surface area (Å²) in [5.41, 5.74) is 2.25. The summed E-state index contributed by atoms with van der Waals surface area (Å²) in [5.74, 6) is -2.15. The lowest BCUT2D eigenvalue weighted by Crippen LogP contribution is -2.07. The first-order chi connectivity index (χ1) is 9.95. The third kappa shape index (κ3) is 4.02. The highest BCUT2D eigenvalue weighted by atomic mass is 19.1. The van der Waals surface area contributed by atoms with Crippen LogP contribution in [0.1, 0.15) is 21.5 Å². The fraction of sp³-hybridized carbons (Fsp3) is 0.188. The highest BCUT2D eigenvalue weighted by Gasteiger charge is 2.07. The maximum atomic E-state index is 13.0. The van der Waals surface area contributed by atoms with Crippen LogP contribution in [0.15, 0.2) is 36.4 Å². The zero-order chi connectivity index (χ0) is 15.4. The normalized spacial score (nSPS) is 10.4. The molecule has 5 heteroatoms. The zero-order valence-electron chi connectivity index (χ0n) is 11.5. The number of carboxylic acid groups (broad SMARTS) is 1. The van der Waals surface area contributed by atoms with Crippen molar-refractivity contribution in [3.63, 3.8) is 0 Å². The van der Waals surface area contributed by atoms with Crippen LogP contribution < -0.4 is 5.32 Å². The van der Waals surface area contributed by atoms with Gasteiger partial charge in [-0.2, -0.15) is 0 Å². The number of hydrogen-bond donors (Lipinski definition) is 2. The van der Waals surface area contributed by atoms with Crippen LogP contribution in [0, 0.1) is 18.6 Å². The van der Waals surface area contributed by atoms with Crippen molar-refractivity contribution >= 4 is 11.7 Å². The number of halogens is 2. The minimum atomic E-state index is -0.964. The topological polar surface area (TPSA) is 49.3 Å². The molecule has 0 bridgehead atoms. The Balaban J connectivity index is 1.97. The molecule has 2 aromatic rings. The van der Waals surface area contributed by atoms with Gasteiger partial charge < -0.3 is 10.4 Å². The van der Waals surface area contributed by atoms with E-state index in [0.717, 1.165) is 11.8 Å². The van der Waals surface area contributed by atoms with E-state index >= 15 is 0 Å². The summed E-state index contributed by atoms with van der Waals surface area (Å²) >= 11 is 0. The van der Waals surface area contributed by atoms with Crippen molar-refractivity contribution in [1.82, 2.24) is 0 Å². The molecule has 0 aliphatic carbocycles. The summed E-state index contributed by atoms with van der Waals surface area (Å²) < 4.78 is 26.1. The highest BCUT2D eigenvalue weighted by molar-refractivity contribution is 5.89. The molecule has 2 rings (SSSR count). The number of carbonyl (C=O) groups is 1. The summed E-state index contributed by atoms with van der Waals surface area (Å²) in [4.78, 5) is 10.9. The second kappa shape index (κ2) is 6.35. The van der Waals surface area contributed by atoms with Crippen LogP contribution in [0.4, 0.5) is 14.5 Å². The van der Waals surface area contributed by atoms with Crippen molar-refractivity contribution in [2.75, 3.05) is 11.9 Å². The Morgan fingerprint density at radius 2 is 1.81 bits per heavy atom. The van der Waals surface area contributed by atoms with E-state index in [9.17, 15) is 13.6 Å². The van der Waals surface area contributed by atoms with E-state index in [1.165, 1.54) is 18.2 Å². The molecule has 0 fully saturated rings. The van der Waals surface area contributed by atoms with Crippen molar-refractivity contribution in [1.29, 1.82) is 0 Å². The Morgan fingerprint density at radius 1 is 1.14 bits per heavy atom. The third-order valence-electron chi connectivity index (χ3n) is 3.12. The van der Waals surface area contributed by atoms with Crippen LogP contribution in [0.2, 0.25) is 0 Å². The van der Waals surface area contributed by atoms with Gasteiger partial charge in [-0.3, -0.25) is 0 Å². The molecule has 0 aliphatic rings. The molecule has 2 N–H and O–H groups in total. The maximum Gasteiger partial charge on any atom is 0.335 e. The molecule has 0 aliphatic heterocycles. The number of carboxylic acids is 1. The molecule has 0 heterocycles. The molecule has 0 saturated heterocycles. The minimum Gasteiger partial charge on any atom is -0.478 e. The van der Waals surface area contributed by atoms with Gasteiger partial charge in [0.2, 0.25) is 0 Å². The molecule has 21 heavy (non-hydrogen) atoms. The van der Waals surface area contributed by atoms with Crippen LogP contribution in [0.3, 0.4) is 0 Å². The first kappa shape index (κ1) is 15.0. The van der Waals surface area contributed by atoms with Gasteiger partial charge in [-0.15, -0.1) is 0 Å². The van der Waals surface area contributed by atoms with E-state index in [1.54, 1.807) is 19.1 Å². The molecule has 3 nitrogen and oxygen atoms in total. The summed E-state index contributed by atoms with van der Waals surface area (Å²) in [5, 5.41) is 12.0. The molecule has 2 aromatic carbocycles. The van der Waals surface area contributed by atoms with Gasteiger partial charge in [0.1, 0.15) is 11.6 Å². The minimum absolute atomic E-state index is 0.257. The van der Waals surface area contributed by atoms with Crippen LogP contribution >= 0.6 is 0 Å². The fourth-order valence-electron chi connectivity index (χ4n) is 2.12. The standard InChI is InChI=1S/C16H15F2NO2/c1-10-6-14(2-3-15(10)16(20)21)19-5-4-11-7-12(17)9-13(18)8-11/h2-3,6-9,19H,4-5H2,1H3,(H,20,21). The van der Waals surface area contributed by atoms with E-state index in [0.29, 0.717) is 24.1 Å². The number of anilines is 1. The molecular weight excluding hydrogens is 276 g/mol. The zero-order valence-corrected chi connectivity index (χ0v) is 11.5. The van der Waals surface area contributed by atoms with Gasteiger partial charge in [0.15, 0.2) is 0 Å². The monoisotopic (exact) mass is 291 g/mol. The average molecular weight is 291 g/mol. The van der Waals surface area contributed by atoms with Crippen molar-refractivity contribution < 1.29 is 18.7 Å². The van der Waals surface area contributed by atoms with E-state index in [1.807, 2.05) is 0 Å². The SMILES string of the molecule is Cc1cc(NCCc2cc(F)cc(F)c2)ccc1C(=O)O. The fourth-order valence-corrected chi connectivity index (χ4v) is 2.12. The molecule has 0 amide bonds. The number of aromatic carboxylic acids is 1. The lowest BCUT2D eigenvalue weighted by Gasteiger charge is -2.09. The molecule has 0 radical (unpaired) electrons. The molecule has 0 saturated carbocycles. The van der Waals surface area contributed by atoms with Crippen LogP contribution in [0.25, 0.3) is 0 Å².